The number of hydrogen-bond donors (Lipinski definition) is 1. The van der Waals surface area contributed by atoms with E-state index in [4.69, 9.17) is 5.11 Å². The number of likely N-dealkylation sites (tertiary alicyclic amines) is 1. The monoisotopic (exact) mass is 214 g/mol. The summed E-state index contributed by atoms with van der Waals surface area (Å²) in [6.07, 6.45) is 1.39. The maximum Gasteiger partial charge on any atom is 0.242 e. The van der Waals surface area contributed by atoms with E-state index in [0.717, 1.165) is 6.42 Å². The van der Waals surface area contributed by atoms with Gasteiger partial charge in [0.05, 0.1) is 19.2 Å². The van der Waals surface area contributed by atoms with E-state index in [1.165, 1.54) is 4.90 Å². The van der Waals surface area contributed by atoms with Gasteiger partial charge in [-0.25, -0.2) is 0 Å². The fourth-order valence-corrected chi connectivity index (χ4v) is 1.51. The highest BCUT2D eigenvalue weighted by Crippen LogP contribution is 2.09. The Morgan fingerprint density at radius 1 is 1.67 bits per heavy atom. The number of aliphatic hydroxyl groups is 1. The lowest BCUT2D eigenvalue weighted by molar-refractivity contribution is -0.139. The van der Waals surface area contributed by atoms with Crippen molar-refractivity contribution in [2.24, 2.45) is 0 Å². The predicted octanol–water partition coefficient (Wildman–Crippen LogP) is -0.552. The highest BCUT2D eigenvalue weighted by Gasteiger charge is 2.24. The first-order valence-electron chi connectivity index (χ1n) is 5.20. The third-order valence-electron chi connectivity index (χ3n) is 2.82. The van der Waals surface area contributed by atoms with Gasteiger partial charge in [-0.2, -0.15) is 0 Å². The molecule has 1 saturated heterocycles. The molecule has 15 heavy (non-hydrogen) atoms. The normalized spacial score (nSPS) is 18.1. The SMILES string of the molecule is CC(CO)N(C)C(=O)CN1CCCC1=O. The van der Waals surface area contributed by atoms with Crippen molar-refractivity contribution in [1.29, 1.82) is 0 Å². The minimum Gasteiger partial charge on any atom is -0.394 e. The minimum atomic E-state index is -0.199. The van der Waals surface area contributed by atoms with Crippen molar-refractivity contribution in [3.63, 3.8) is 0 Å². The lowest BCUT2D eigenvalue weighted by Gasteiger charge is -2.25. The number of aliphatic hydroxyl groups excluding tert-OH is 1. The summed E-state index contributed by atoms with van der Waals surface area (Å²) in [6.45, 7) is 2.52. The summed E-state index contributed by atoms with van der Waals surface area (Å²) in [5.74, 6) is -0.0693. The molecule has 1 fully saturated rings. The van der Waals surface area contributed by atoms with Crippen molar-refractivity contribution < 1.29 is 14.7 Å². The third-order valence-corrected chi connectivity index (χ3v) is 2.82. The van der Waals surface area contributed by atoms with Gasteiger partial charge in [-0.15, -0.1) is 0 Å². The van der Waals surface area contributed by atoms with Crippen molar-refractivity contribution in [3.8, 4) is 0 Å². The van der Waals surface area contributed by atoms with Gasteiger partial charge in [0.1, 0.15) is 0 Å². The van der Waals surface area contributed by atoms with Gasteiger partial charge in [0, 0.05) is 20.0 Å². The van der Waals surface area contributed by atoms with Crippen molar-refractivity contribution in [1.82, 2.24) is 9.80 Å². The Labute approximate surface area is 89.7 Å². The van der Waals surface area contributed by atoms with Crippen LogP contribution in [0.25, 0.3) is 0 Å². The van der Waals surface area contributed by atoms with E-state index in [1.807, 2.05) is 0 Å². The Bertz CT molecular complexity index is 255. The number of carbonyl (C=O) groups is 2. The number of rotatable bonds is 4. The summed E-state index contributed by atoms with van der Waals surface area (Å²) >= 11 is 0. The number of hydrogen-bond acceptors (Lipinski definition) is 3. The van der Waals surface area contributed by atoms with Gasteiger partial charge < -0.3 is 14.9 Å². The average Bonchev–Trinajstić information content (AvgIpc) is 2.62. The molecule has 0 aromatic carbocycles. The van der Waals surface area contributed by atoms with Crippen LogP contribution in [0.4, 0.5) is 0 Å². The van der Waals surface area contributed by atoms with Gasteiger partial charge in [0.25, 0.3) is 0 Å². The largest absolute Gasteiger partial charge is 0.394 e. The molecule has 0 spiro atoms. The zero-order chi connectivity index (χ0) is 11.4. The average molecular weight is 214 g/mol. The van der Waals surface area contributed by atoms with Crippen LogP contribution >= 0.6 is 0 Å². The van der Waals surface area contributed by atoms with Crippen molar-refractivity contribution in [3.05, 3.63) is 0 Å². The number of carbonyl (C=O) groups excluding carboxylic acids is 2. The molecule has 1 heterocycles. The maximum atomic E-state index is 11.7. The standard InChI is InChI=1S/C10H18N2O3/c1-8(7-13)11(2)10(15)6-12-5-3-4-9(12)14/h8,13H,3-7H2,1-2H3. The van der Waals surface area contributed by atoms with Crippen LogP contribution in [0, 0.1) is 0 Å². The Morgan fingerprint density at radius 3 is 2.80 bits per heavy atom. The minimum absolute atomic E-state index is 0.0494. The van der Waals surface area contributed by atoms with Crippen LogP contribution in [0.2, 0.25) is 0 Å². The van der Waals surface area contributed by atoms with E-state index in [2.05, 4.69) is 0 Å². The molecule has 86 valence electrons. The molecule has 0 saturated carbocycles. The molecule has 0 radical (unpaired) electrons. The van der Waals surface area contributed by atoms with E-state index in [0.29, 0.717) is 13.0 Å². The van der Waals surface area contributed by atoms with Crippen LogP contribution in [0.5, 0.6) is 0 Å². The van der Waals surface area contributed by atoms with Crippen LogP contribution < -0.4 is 0 Å². The first kappa shape index (κ1) is 12.0. The second-order valence-corrected chi connectivity index (χ2v) is 3.96. The fraction of sp³-hybridized carbons (Fsp3) is 0.800. The molecular weight excluding hydrogens is 196 g/mol. The smallest absolute Gasteiger partial charge is 0.242 e. The van der Waals surface area contributed by atoms with Crippen LogP contribution in [0.15, 0.2) is 0 Å². The van der Waals surface area contributed by atoms with Crippen LogP contribution in [-0.4, -0.2) is 59.5 Å². The van der Waals surface area contributed by atoms with E-state index < -0.39 is 0 Å². The second kappa shape index (κ2) is 5.11. The van der Waals surface area contributed by atoms with Crippen LogP contribution in [0.3, 0.4) is 0 Å². The molecule has 1 atom stereocenters. The van der Waals surface area contributed by atoms with Gasteiger partial charge >= 0.3 is 0 Å². The van der Waals surface area contributed by atoms with Crippen LogP contribution in [0.1, 0.15) is 19.8 Å². The van der Waals surface area contributed by atoms with Crippen molar-refractivity contribution in [2.45, 2.75) is 25.8 Å². The predicted molar refractivity (Wildman–Crippen MR) is 55.1 cm³/mol. The Balaban J connectivity index is 2.44. The summed E-state index contributed by atoms with van der Waals surface area (Å²) in [4.78, 5) is 26.0. The molecule has 2 amide bonds. The summed E-state index contributed by atoms with van der Waals surface area (Å²) in [5, 5.41) is 8.89. The maximum absolute atomic E-state index is 11.7. The van der Waals surface area contributed by atoms with Gasteiger partial charge in [0.2, 0.25) is 11.8 Å². The van der Waals surface area contributed by atoms with Crippen molar-refractivity contribution in [2.75, 3.05) is 26.7 Å². The summed E-state index contributed by atoms with van der Waals surface area (Å²) < 4.78 is 0. The molecule has 1 unspecified atom stereocenters. The summed E-state index contributed by atoms with van der Waals surface area (Å²) in [7, 11) is 1.64. The lowest BCUT2D eigenvalue weighted by Crippen LogP contribution is -2.43. The lowest BCUT2D eigenvalue weighted by atomic mass is 10.3. The Hall–Kier alpha value is -1.10. The zero-order valence-corrected chi connectivity index (χ0v) is 9.27. The van der Waals surface area contributed by atoms with Gasteiger partial charge in [-0.05, 0) is 13.3 Å². The quantitative estimate of drug-likeness (QED) is 0.683. The molecule has 0 bridgehead atoms. The molecule has 1 aliphatic rings. The number of amides is 2. The molecule has 1 N–H and O–H groups in total. The first-order chi connectivity index (χ1) is 7.06. The summed E-state index contributed by atoms with van der Waals surface area (Å²) in [5.41, 5.74) is 0. The number of likely N-dealkylation sites (N-methyl/N-ethyl adjacent to an activating group) is 1. The number of nitrogens with zero attached hydrogens (tertiary/aromatic N) is 2. The highest BCUT2D eigenvalue weighted by molar-refractivity contribution is 5.85. The van der Waals surface area contributed by atoms with E-state index in [-0.39, 0.29) is 31.0 Å². The second-order valence-electron chi connectivity index (χ2n) is 3.96. The van der Waals surface area contributed by atoms with E-state index in [1.54, 1.807) is 18.9 Å². The molecule has 5 nitrogen and oxygen atoms in total. The Kier molecular flexibility index (Phi) is 4.08. The zero-order valence-electron chi connectivity index (χ0n) is 9.27. The molecule has 1 aliphatic heterocycles. The molecule has 1 rings (SSSR count). The molecule has 0 aromatic rings. The first-order valence-corrected chi connectivity index (χ1v) is 5.20. The highest BCUT2D eigenvalue weighted by atomic mass is 16.3. The molecular formula is C10H18N2O3. The molecule has 5 heteroatoms. The van der Waals surface area contributed by atoms with Gasteiger partial charge in [0.15, 0.2) is 0 Å². The van der Waals surface area contributed by atoms with E-state index in [9.17, 15) is 9.59 Å². The molecule has 0 aromatic heterocycles. The van der Waals surface area contributed by atoms with E-state index >= 15 is 0 Å². The summed E-state index contributed by atoms with van der Waals surface area (Å²) in [6, 6.07) is -0.199. The topological polar surface area (TPSA) is 60.9 Å². The van der Waals surface area contributed by atoms with Crippen LogP contribution in [-0.2, 0) is 9.59 Å². The van der Waals surface area contributed by atoms with Gasteiger partial charge in [-0.3, -0.25) is 9.59 Å². The van der Waals surface area contributed by atoms with Gasteiger partial charge in [-0.1, -0.05) is 0 Å². The molecule has 0 aliphatic carbocycles. The fourth-order valence-electron chi connectivity index (χ4n) is 1.51. The third kappa shape index (κ3) is 2.92. The Morgan fingerprint density at radius 2 is 2.33 bits per heavy atom. The van der Waals surface area contributed by atoms with Crippen molar-refractivity contribution >= 4 is 11.8 Å².